The van der Waals surface area contributed by atoms with Gasteiger partial charge in [0.25, 0.3) is 0 Å². The lowest BCUT2D eigenvalue weighted by atomic mass is 9.84. The molecule has 4 aromatic rings. The fourth-order valence-electron chi connectivity index (χ4n) is 4.62. The molecule has 5 rings (SSSR count). The Kier molecular flexibility index (Phi) is 8.96. The van der Waals surface area contributed by atoms with Crippen LogP contribution in [-0.4, -0.2) is 25.6 Å². The lowest BCUT2D eigenvalue weighted by Crippen LogP contribution is -2.11. The molecule has 9 heteroatoms. The van der Waals surface area contributed by atoms with E-state index in [1.54, 1.807) is 24.3 Å². The third-order valence-corrected chi connectivity index (χ3v) is 7.93. The molecule has 0 radical (unpaired) electrons. The van der Waals surface area contributed by atoms with Gasteiger partial charge < -0.3 is 4.74 Å². The summed E-state index contributed by atoms with van der Waals surface area (Å²) >= 11 is 7.11. The Bertz CT molecular complexity index is 1420. The van der Waals surface area contributed by atoms with Gasteiger partial charge in [-0.1, -0.05) is 61.2 Å². The van der Waals surface area contributed by atoms with Crippen LogP contribution in [0.2, 0.25) is 5.02 Å². The summed E-state index contributed by atoms with van der Waals surface area (Å²) < 4.78 is 8.02. The van der Waals surface area contributed by atoms with Gasteiger partial charge in [-0.25, -0.2) is 0 Å². The average Bonchev–Trinajstić information content (AvgIpc) is 3.38. The fourth-order valence-corrected chi connectivity index (χ4v) is 5.53. The standard InChI is InChI=1S/C30H30ClN5O2S/c1-21(37)29(34-32-25-16-14-24(31)15-17-25)39-30-35-33-28(36(30)26-10-6-3-7-11-26)20-38-27-18-12-23(13-19-27)22-8-4-2-5-9-22/h3,6-7,10-19,22,32H,2,4-5,8-9,20H2,1H3/b34-29-. The van der Waals surface area contributed by atoms with Crippen molar-refractivity contribution in [3.8, 4) is 11.4 Å². The van der Waals surface area contributed by atoms with Gasteiger partial charge in [0.05, 0.1) is 5.69 Å². The number of hydrogen-bond donors (Lipinski definition) is 1. The molecule has 0 atom stereocenters. The van der Waals surface area contributed by atoms with Crippen molar-refractivity contribution < 1.29 is 9.53 Å². The second kappa shape index (κ2) is 13.0. The van der Waals surface area contributed by atoms with Crippen LogP contribution in [0.3, 0.4) is 0 Å². The van der Waals surface area contributed by atoms with E-state index in [0.717, 1.165) is 23.2 Å². The lowest BCUT2D eigenvalue weighted by molar-refractivity contribution is -0.110. The van der Waals surface area contributed by atoms with Crippen molar-refractivity contribution in [2.45, 2.75) is 56.7 Å². The number of benzene rings is 3. The average molecular weight is 560 g/mol. The van der Waals surface area contributed by atoms with E-state index >= 15 is 0 Å². The third-order valence-electron chi connectivity index (χ3n) is 6.66. The van der Waals surface area contributed by atoms with Crippen molar-refractivity contribution in [2.24, 2.45) is 5.10 Å². The predicted molar refractivity (Wildman–Crippen MR) is 157 cm³/mol. The number of para-hydroxylation sites is 1. The third kappa shape index (κ3) is 7.07. The minimum absolute atomic E-state index is 0.195. The summed E-state index contributed by atoms with van der Waals surface area (Å²) in [5.41, 5.74) is 5.89. The number of ketones is 1. The number of rotatable bonds is 9. The van der Waals surface area contributed by atoms with Gasteiger partial charge >= 0.3 is 0 Å². The van der Waals surface area contributed by atoms with Crippen LogP contribution >= 0.6 is 23.4 Å². The Labute approximate surface area is 237 Å². The highest BCUT2D eigenvalue weighted by molar-refractivity contribution is 8.15. The maximum Gasteiger partial charge on any atom is 0.202 e. The molecule has 1 saturated carbocycles. The van der Waals surface area contributed by atoms with Crippen molar-refractivity contribution in [1.82, 2.24) is 14.8 Å². The molecule has 1 aliphatic carbocycles. The van der Waals surface area contributed by atoms with Gasteiger partial charge in [-0.05, 0) is 84.6 Å². The molecule has 0 spiro atoms. The first-order valence-electron chi connectivity index (χ1n) is 13.1. The Balaban J connectivity index is 1.34. The monoisotopic (exact) mass is 559 g/mol. The molecular formula is C30H30ClN5O2S. The number of nitrogens with zero attached hydrogens (tertiary/aromatic N) is 4. The van der Waals surface area contributed by atoms with Crippen molar-refractivity contribution in [1.29, 1.82) is 0 Å². The van der Waals surface area contributed by atoms with E-state index in [0.29, 0.717) is 27.6 Å². The molecular weight excluding hydrogens is 530 g/mol. The van der Waals surface area contributed by atoms with Gasteiger partial charge in [-0.2, -0.15) is 5.10 Å². The van der Waals surface area contributed by atoms with Gasteiger partial charge in [-0.3, -0.25) is 14.8 Å². The Morgan fingerprint density at radius 2 is 1.72 bits per heavy atom. The summed E-state index contributed by atoms with van der Waals surface area (Å²) in [4.78, 5) is 12.4. The number of anilines is 1. The Morgan fingerprint density at radius 1 is 1.00 bits per heavy atom. The number of carbonyl (C=O) groups excluding carboxylic acids is 1. The van der Waals surface area contributed by atoms with E-state index in [-0.39, 0.29) is 17.4 Å². The molecule has 0 amide bonds. The van der Waals surface area contributed by atoms with Crippen molar-refractivity contribution in [3.05, 3.63) is 95.3 Å². The van der Waals surface area contributed by atoms with E-state index in [1.807, 2.05) is 47.0 Å². The molecule has 0 unspecified atom stereocenters. The molecule has 0 aliphatic heterocycles. The molecule has 200 valence electrons. The van der Waals surface area contributed by atoms with Crippen LogP contribution in [0.15, 0.2) is 89.1 Å². The summed E-state index contributed by atoms with van der Waals surface area (Å²) in [6.45, 7) is 1.69. The molecule has 1 heterocycles. The second-order valence-corrected chi connectivity index (χ2v) is 10.8. The fraction of sp³-hybridized carbons (Fsp3) is 0.267. The zero-order chi connectivity index (χ0) is 27.0. The normalized spacial score (nSPS) is 14.3. The van der Waals surface area contributed by atoms with Crippen molar-refractivity contribution in [3.63, 3.8) is 0 Å². The summed E-state index contributed by atoms with van der Waals surface area (Å²) in [6, 6.07) is 25.3. The number of halogens is 1. The summed E-state index contributed by atoms with van der Waals surface area (Å²) in [6.07, 6.45) is 6.50. The number of Topliss-reactive ketones (excluding diaryl/α,β-unsaturated/α-hetero) is 1. The predicted octanol–water partition coefficient (Wildman–Crippen LogP) is 7.65. The highest BCUT2D eigenvalue weighted by Crippen LogP contribution is 2.33. The molecule has 3 aromatic carbocycles. The molecule has 1 N–H and O–H groups in total. The van der Waals surface area contributed by atoms with Gasteiger partial charge in [-0.15, -0.1) is 10.2 Å². The van der Waals surface area contributed by atoms with E-state index in [9.17, 15) is 4.79 Å². The van der Waals surface area contributed by atoms with Crippen LogP contribution in [0.25, 0.3) is 5.69 Å². The van der Waals surface area contributed by atoms with E-state index in [4.69, 9.17) is 16.3 Å². The van der Waals surface area contributed by atoms with E-state index < -0.39 is 0 Å². The van der Waals surface area contributed by atoms with Crippen LogP contribution < -0.4 is 10.2 Å². The molecule has 39 heavy (non-hydrogen) atoms. The smallest absolute Gasteiger partial charge is 0.202 e. The number of nitrogens with one attached hydrogen (secondary N) is 1. The van der Waals surface area contributed by atoms with Crippen LogP contribution in [0.1, 0.15) is 56.3 Å². The number of carbonyl (C=O) groups is 1. The Morgan fingerprint density at radius 3 is 2.41 bits per heavy atom. The van der Waals surface area contributed by atoms with E-state index in [2.05, 4.69) is 32.9 Å². The summed E-state index contributed by atoms with van der Waals surface area (Å²) in [7, 11) is 0. The van der Waals surface area contributed by atoms with Gasteiger partial charge in [0.1, 0.15) is 12.4 Å². The molecule has 1 aliphatic rings. The lowest BCUT2D eigenvalue weighted by Gasteiger charge is -2.22. The highest BCUT2D eigenvalue weighted by Gasteiger charge is 2.20. The van der Waals surface area contributed by atoms with Crippen molar-refractivity contribution in [2.75, 3.05) is 5.43 Å². The minimum atomic E-state index is -0.195. The number of ether oxygens (including phenoxy) is 1. The van der Waals surface area contributed by atoms with Gasteiger partial charge in [0, 0.05) is 17.6 Å². The minimum Gasteiger partial charge on any atom is -0.486 e. The van der Waals surface area contributed by atoms with Crippen LogP contribution in [0, 0.1) is 0 Å². The van der Waals surface area contributed by atoms with Crippen LogP contribution in [0.5, 0.6) is 5.75 Å². The zero-order valence-electron chi connectivity index (χ0n) is 21.7. The quantitative estimate of drug-likeness (QED) is 0.0981. The van der Waals surface area contributed by atoms with Gasteiger partial charge in [0.15, 0.2) is 16.7 Å². The molecule has 1 fully saturated rings. The maximum absolute atomic E-state index is 12.4. The molecule has 1 aromatic heterocycles. The summed E-state index contributed by atoms with van der Waals surface area (Å²) in [5, 5.41) is 14.5. The number of aromatic nitrogens is 3. The topological polar surface area (TPSA) is 81.4 Å². The largest absolute Gasteiger partial charge is 0.486 e. The van der Waals surface area contributed by atoms with E-state index in [1.165, 1.54) is 44.6 Å². The van der Waals surface area contributed by atoms with Crippen LogP contribution in [-0.2, 0) is 11.4 Å². The van der Waals surface area contributed by atoms with Gasteiger partial charge in [0.2, 0.25) is 5.16 Å². The second-order valence-electron chi connectivity index (χ2n) is 9.46. The molecule has 0 saturated heterocycles. The first-order chi connectivity index (χ1) is 19.1. The number of thioether (sulfide) groups is 1. The molecule has 0 bridgehead atoms. The van der Waals surface area contributed by atoms with Crippen LogP contribution in [0.4, 0.5) is 5.69 Å². The SMILES string of the molecule is CC(=O)/C(=N/Nc1ccc(Cl)cc1)Sc1nnc(COc2ccc(C3CCCCC3)cc2)n1-c1ccccc1. The Hall–Kier alpha value is -3.62. The first-order valence-corrected chi connectivity index (χ1v) is 14.3. The van der Waals surface area contributed by atoms with Crippen molar-refractivity contribution >= 4 is 39.9 Å². The molecule has 7 nitrogen and oxygen atoms in total. The highest BCUT2D eigenvalue weighted by atomic mass is 35.5. The summed E-state index contributed by atoms with van der Waals surface area (Å²) in [5.74, 6) is 1.86. The number of hydrogen-bond acceptors (Lipinski definition) is 7. The zero-order valence-corrected chi connectivity index (χ0v) is 23.3. The number of hydrazone groups is 1. The first kappa shape index (κ1) is 27.0. The maximum atomic E-state index is 12.4.